The molecule has 3 nitrogen and oxygen atoms in total. The maximum Gasteiger partial charge on any atom is 0.0673 e. The number of nitrogens with two attached hydrogens (primary N) is 1. The minimum atomic E-state index is 0.495. The molecule has 1 aromatic heterocycles. The monoisotopic (exact) mass is 175 g/mol. The Morgan fingerprint density at radius 3 is 2.85 bits per heavy atom. The molecule has 2 aromatic rings. The number of aromatic nitrogens is 2. The number of nitrogen functional groups attached to an aromatic ring is 1. The van der Waals surface area contributed by atoms with Crippen molar-refractivity contribution in [2.75, 3.05) is 5.73 Å². The van der Waals surface area contributed by atoms with E-state index in [9.17, 15) is 0 Å². The predicted octanol–water partition coefficient (Wildman–Crippen LogP) is 2.27. The Kier molecular flexibility index (Phi) is 1.72. The lowest BCUT2D eigenvalue weighted by molar-refractivity contribution is 0.868. The molecule has 0 fully saturated rings. The highest BCUT2D eigenvalue weighted by molar-refractivity contribution is 5.90. The fraction of sp³-hybridized carbons (Fsp3) is 0.300. The summed E-state index contributed by atoms with van der Waals surface area (Å²) in [5.41, 5.74) is 8.94. The molecule has 0 saturated heterocycles. The highest BCUT2D eigenvalue weighted by atomic mass is 15.1. The largest absolute Gasteiger partial charge is 0.398 e. The SMILES string of the molecule is CC(C)c1cc(N)c2cn[nH]c2c1. The van der Waals surface area contributed by atoms with Gasteiger partial charge in [-0.25, -0.2) is 0 Å². The van der Waals surface area contributed by atoms with Crippen molar-refractivity contribution in [3.63, 3.8) is 0 Å². The van der Waals surface area contributed by atoms with Crippen LogP contribution in [0.4, 0.5) is 5.69 Å². The summed E-state index contributed by atoms with van der Waals surface area (Å²) >= 11 is 0. The molecule has 0 atom stereocenters. The summed E-state index contributed by atoms with van der Waals surface area (Å²) in [5, 5.41) is 7.89. The van der Waals surface area contributed by atoms with Gasteiger partial charge in [0.15, 0.2) is 0 Å². The van der Waals surface area contributed by atoms with Crippen LogP contribution in [0.2, 0.25) is 0 Å². The van der Waals surface area contributed by atoms with E-state index in [0.29, 0.717) is 5.92 Å². The number of hydrogen-bond acceptors (Lipinski definition) is 2. The minimum Gasteiger partial charge on any atom is -0.398 e. The first-order valence-electron chi connectivity index (χ1n) is 4.41. The quantitative estimate of drug-likeness (QED) is 0.653. The molecular formula is C10H13N3. The number of aromatic amines is 1. The summed E-state index contributed by atoms with van der Waals surface area (Å²) in [6, 6.07) is 4.12. The number of rotatable bonds is 1. The molecule has 13 heavy (non-hydrogen) atoms. The van der Waals surface area contributed by atoms with Gasteiger partial charge in [-0.3, -0.25) is 5.10 Å². The van der Waals surface area contributed by atoms with Gasteiger partial charge in [0.2, 0.25) is 0 Å². The molecule has 68 valence electrons. The summed E-state index contributed by atoms with van der Waals surface area (Å²) in [7, 11) is 0. The maximum atomic E-state index is 5.88. The van der Waals surface area contributed by atoms with Crippen molar-refractivity contribution >= 4 is 16.6 Å². The van der Waals surface area contributed by atoms with Crippen LogP contribution in [0.25, 0.3) is 10.9 Å². The molecule has 0 aliphatic heterocycles. The number of hydrogen-bond donors (Lipinski definition) is 2. The van der Waals surface area contributed by atoms with Crippen LogP contribution in [0, 0.1) is 0 Å². The van der Waals surface area contributed by atoms with Gasteiger partial charge in [0.05, 0.1) is 11.7 Å². The number of benzene rings is 1. The molecule has 0 aliphatic rings. The van der Waals surface area contributed by atoms with Crippen LogP contribution in [0.5, 0.6) is 0 Å². The third-order valence-electron chi connectivity index (χ3n) is 2.28. The molecule has 0 spiro atoms. The van der Waals surface area contributed by atoms with Crippen LogP contribution < -0.4 is 5.73 Å². The Hall–Kier alpha value is -1.51. The van der Waals surface area contributed by atoms with Crippen molar-refractivity contribution in [2.45, 2.75) is 19.8 Å². The smallest absolute Gasteiger partial charge is 0.0673 e. The van der Waals surface area contributed by atoms with Gasteiger partial charge in [-0.05, 0) is 23.6 Å². The first kappa shape index (κ1) is 8.10. The average Bonchev–Trinajstić information content (AvgIpc) is 2.51. The van der Waals surface area contributed by atoms with Gasteiger partial charge in [0.1, 0.15) is 0 Å². The van der Waals surface area contributed by atoms with Crippen molar-refractivity contribution in [2.24, 2.45) is 0 Å². The van der Waals surface area contributed by atoms with Crippen LogP contribution in [0.1, 0.15) is 25.3 Å². The Bertz CT molecular complexity index is 429. The van der Waals surface area contributed by atoms with Gasteiger partial charge in [-0.15, -0.1) is 0 Å². The normalized spacial score (nSPS) is 11.3. The van der Waals surface area contributed by atoms with Gasteiger partial charge in [-0.1, -0.05) is 13.8 Å². The maximum absolute atomic E-state index is 5.88. The molecule has 3 N–H and O–H groups in total. The summed E-state index contributed by atoms with van der Waals surface area (Å²) in [6.45, 7) is 4.30. The number of H-pyrrole nitrogens is 1. The van der Waals surface area contributed by atoms with Crippen LogP contribution >= 0.6 is 0 Å². The van der Waals surface area contributed by atoms with E-state index in [-0.39, 0.29) is 0 Å². The number of nitrogens with one attached hydrogen (secondary N) is 1. The number of anilines is 1. The fourth-order valence-electron chi connectivity index (χ4n) is 1.44. The van der Waals surface area contributed by atoms with Crippen molar-refractivity contribution in [3.05, 3.63) is 23.9 Å². The van der Waals surface area contributed by atoms with Gasteiger partial charge in [0, 0.05) is 11.1 Å². The zero-order chi connectivity index (χ0) is 9.42. The molecule has 3 heteroatoms. The van der Waals surface area contributed by atoms with Gasteiger partial charge >= 0.3 is 0 Å². The Morgan fingerprint density at radius 2 is 2.15 bits per heavy atom. The molecule has 0 bridgehead atoms. The molecule has 0 saturated carbocycles. The molecule has 0 amide bonds. The highest BCUT2D eigenvalue weighted by Gasteiger charge is 2.05. The van der Waals surface area contributed by atoms with Gasteiger partial charge in [0.25, 0.3) is 0 Å². The van der Waals surface area contributed by atoms with E-state index in [4.69, 9.17) is 5.73 Å². The Labute approximate surface area is 76.9 Å². The van der Waals surface area contributed by atoms with Gasteiger partial charge < -0.3 is 5.73 Å². The summed E-state index contributed by atoms with van der Waals surface area (Å²) in [6.07, 6.45) is 1.76. The average molecular weight is 175 g/mol. The van der Waals surface area contributed by atoms with E-state index in [1.54, 1.807) is 6.20 Å². The molecule has 1 heterocycles. The zero-order valence-corrected chi connectivity index (χ0v) is 7.83. The molecular weight excluding hydrogens is 162 g/mol. The molecule has 0 radical (unpaired) electrons. The topological polar surface area (TPSA) is 54.7 Å². The van der Waals surface area contributed by atoms with Crippen LogP contribution in [-0.2, 0) is 0 Å². The van der Waals surface area contributed by atoms with Crippen LogP contribution in [0.15, 0.2) is 18.3 Å². The lowest BCUT2D eigenvalue weighted by Crippen LogP contribution is -1.92. The van der Waals surface area contributed by atoms with E-state index in [1.807, 2.05) is 6.07 Å². The Morgan fingerprint density at radius 1 is 1.38 bits per heavy atom. The van der Waals surface area contributed by atoms with Crippen LogP contribution in [-0.4, -0.2) is 10.2 Å². The first-order chi connectivity index (χ1) is 6.18. The van der Waals surface area contributed by atoms with E-state index in [2.05, 4.69) is 30.1 Å². The van der Waals surface area contributed by atoms with E-state index >= 15 is 0 Å². The summed E-state index contributed by atoms with van der Waals surface area (Å²) < 4.78 is 0. The molecule has 2 rings (SSSR count). The van der Waals surface area contributed by atoms with Crippen LogP contribution in [0.3, 0.4) is 0 Å². The van der Waals surface area contributed by atoms with E-state index in [0.717, 1.165) is 16.6 Å². The third kappa shape index (κ3) is 1.26. The van der Waals surface area contributed by atoms with Crippen molar-refractivity contribution in [1.82, 2.24) is 10.2 Å². The lowest BCUT2D eigenvalue weighted by atomic mass is 10.0. The predicted molar refractivity (Wildman–Crippen MR) is 54.6 cm³/mol. The summed E-state index contributed by atoms with van der Waals surface area (Å²) in [5.74, 6) is 0.495. The zero-order valence-electron chi connectivity index (χ0n) is 7.83. The molecule has 1 aromatic carbocycles. The molecule has 0 unspecified atom stereocenters. The first-order valence-corrected chi connectivity index (χ1v) is 4.41. The number of nitrogens with zero attached hydrogens (tertiary/aromatic N) is 1. The minimum absolute atomic E-state index is 0.495. The second-order valence-electron chi connectivity index (χ2n) is 3.60. The second kappa shape index (κ2) is 2.76. The van der Waals surface area contributed by atoms with E-state index < -0.39 is 0 Å². The third-order valence-corrected chi connectivity index (χ3v) is 2.28. The summed E-state index contributed by atoms with van der Waals surface area (Å²) in [4.78, 5) is 0. The number of fused-ring (bicyclic) bond motifs is 1. The van der Waals surface area contributed by atoms with Crippen molar-refractivity contribution < 1.29 is 0 Å². The second-order valence-corrected chi connectivity index (χ2v) is 3.60. The fourth-order valence-corrected chi connectivity index (χ4v) is 1.44. The molecule has 0 aliphatic carbocycles. The van der Waals surface area contributed by atoms with Crippen molar-refractivity contribution in [3.8, 4) is 0 Å². The standard InChI is InChI=1S/C10H13N3/c1-6(2)7-3-9(11)8-5-12-13-10(8)4-7/h3-6H,11H2,1-2H3,(H,12,13). The Balaban J connectivity index is 2.70. The lowest BCUT2D eigenvalue weighted by Gasteiger charge is -2.06. The van der Waals surface area contributed by atoms with E-state index in [1.165, 1.54) is 5.56 Å². The highest BCUT2D eigenvalue weighted by Crippen LogP contribution is 2.25. The van der Waals surface area contributed by atoms with Crippen molar-refractivity contribution in [1.29, 1.82) is 0 Å². The van der Waals surface area contributed by atoms with Gasteiger partial charge in [-0.2, -0.15) is 5.10 Å².